The highest BCUT2D eigenvalue weighted by atomic mass is 28.2. The lowest BCUT2D eigenvalue weighted by Crippen LogP contribution is -2.46. The summed E-state index contributed by atoms with van der Waals surface area (Å²) in [6.07, 6.45) is 9.47. The van der Waals surface area contributed by atoms with E-state index >= 15 is 0 Å². The monoisotopic (exact) mass is 616 g/mol. The van der Waals surface area contributed by atoms with Crippen LogP contribution in [0.25, 0.3) is 5.57 Å². The second kappa shape index (κ2) is 17.0. The van der Waals surface area contributed by atoms with Crippen molar-refractivity contribution in [2.24, 2.45) is 0 Å². The summed E-state index contributed by atoms with van der Waals surface area (Å²) in [6, 6.07) is 50.7. The first-order chi connectivity index (χ1) is 22.7. The molecule has 46 heavy (non-hydrogen) atoms. The molecule has 0 amide bonds. The molecule has 6 aromatic rings. The Bertz CT molecular complexity index is 1640. The summed E-state index contributed by atoms with van der Waals surface area (Å²) in [5.41, 5.74) is 5.95. The van der Waals surface area contributed by atoms with E-state index in [9.17, 15) is 0 Å². The number of hydrogen-bond donors (Lipinski definition) is 0. The van der Waals surface area contributed by atoms with Gasteiger partial charge in [-0.25, -0.2) is 4.98 Å². The van der Waals surface area contributed by atoms with Crippen LogP contribution in [0, 0.1) is 0 Å². The highest BCUT2D eigenvalue weighted by molar-refractivity contribution is 6.57. The quantitative estimate of drug-likeness (QED) is 0.103. The van der Waals surface area contributed by atoms with Crippen LogP contribution in [0.15, 0.2) is 170 Å². The first-order valence-electron chi connectivity index (χ1n) is 16.1. The highest BCUT2D eigenvalue weighted by Crippen LogP contribution is 2.33. The van der Waals surface area contributed by atoms with Gasteiger partial charge in [-0.3, -0.25) is 0 Å². The van der Waals surface area contributed by atoms with Crippen molar-refractivity contribution in [1.29, 1.82) is 0 Å². The van der Waals surface area contributed by atoms with Crippen LogP contribution in [0.4, 0.5) is 0 Å². The fourth-order valence-corrected chi connectivity index (χ4v) is 8.12. The maximum absolute atomic E-state index is 5.93. The number of imidazole rings is 1. The molecule has 0 aliphatic carbocycles. The molecule has 0 fully saturated rings. The van der Waals surface area contributed by atoms with E-state index < -0.39 is 9.52 Å². The molecule has 1 aromatic heterocycles. The normalized spacial score (nSPS) is 11.1. The van der Waals surface area contributed by atoms with Crippen molar-refractivity contribution in [2.45, 2.75) is 31.3 Å². The summed E-state index contributed by atoms with van der Waals surface area (Å²) in [4.78, 5) is 4.41. The summed E-state index contributed by atoms with van der Waals surface area (Å²) in [5.74, 6) is 2.62. The van der Waals surface area contributed by atoms with Gasteiger partial charge in [0.2, 0.25) is 0 Å². The fraction of sp³-hybridized carbons (Fsp3) is 0.146. The van der Waals surface area contributed by atoms with Crippen molar-refractivity contribution in [2.75, 3.05) is 6.61 Å². The minimum absolute atomic E-state index is 0.248. The van der Waals surface area contributed by atoms with Gasteiger partial charge in [0.25, 0.3) is 0 Å². The summed E-state index contributed by atoms with van der Waals surface area (Å²) in [6.45, 7) is 3.00. The lowest BCUT2D eigenvalue weighted by molar-refractivity contribution is 0.306. The van der Waals surface area contributed by atoms with Crippen molar-refractivity contribution in [3.63, 3.8) is 0 Å². The number of aromatic nitrogens is 2. The van der Waals surface area contributed by atoms with Crippen molar-refractivity contribution < 1.29 is 4.74 Å². The van der Waals surface area contributed by atoms with Gasteiger partial charge in [0, 0.05) is 12.4 Å². The molecule has 0 saturated heterocycles. The van der Waals surface area contributed by atoms with Crippen LogP contribution in [0.2, 0.25) is 0 Å². The van der Waals surface area contributed by atoms with Crippen molar-refractivity contribution in [3.8, 4) is 5.75 Å². The summed E-state index contributed by atoms with van der Waals surface area (Å²) >= 11 is 0. The Hall–Kier alpha value is -4.87. The molecule has 2 radical (unpaired) electrons. The first-order valence-corrected chi connectivity index (χ1v) is 17.5. The predicted molar refractivity (Wildman–Crippen MR) is 197 cm³/mol. The van der Waals surface area contributed by atoms with Crippen molar-refractivity contribution in [1.82, 2.24) is 9.55 Å². The van der Waals surface area contributed by atoms with Crippen molar-refractivity contribution in [3.05, 3.63) is 193 Å². The van der Waals surface area contributed by atoms with Gasteiger partial charge in [-0.15, -0.1) is 5.98 Å². The third-order valence-corrected chi connectivity index (χ3v) is 10.8. The predicted octanol–water partition coefficient (Wildman–Crippen LogP) is 7.94. The second-order valence-corrected chi connectivity index (χ2v) is 13.4. The standard InChI is InChI=1S/C27H30N2OSi.C14H11B/c1-2-3-10-21-30-25-15-17-26(18-16-25)31-27(29-20-19-28-22-29,23-11-6-4-7-12-23)24-13-8-5-9-14-24;15-11-14(12-7-3-1-4-8-12)13-9-5-2-6-10-13/h4-9,11-20,22H,2-3,10,21,31H2,1H3;1-11H. The SMILES string of the molecule is CCCCCOc1ccc([SiH2]C(c2ccccc2)(c2ccccc2)n2ccnc2)cc1.[B]C=C(c1ccccc1)c1ccccc1. The molecular formula is C41H41BN2OSi. The third kappa shape index (κ3) is 8.23. The van der Waals surface area contributed by atoms with Crippen LogP contribution in [0.3, 0.4) is 0 Å². The molecule has 0 atom stereocenters. The molecule has 1 heterocycles. The molecule has 6 rings (SSSR count). The topological polar surface area (TPSA) is 27.1 Å². The number of unbranched alkanes of at least 4 members (excludes halogenated alkanes) is 2. The van der Waals surface area contributed by atoms with E-state index in [0.717, 1.165) is 35.5 Å². The molecule has 0 N–H and O–H groups in total. The van der Waals surface area contributed by atoms with Crippen LogP contribution >= 0.6 is 0 Å². The second-order valence-electron chi connectivity index (χ2n) is 11.3. The Labute approximate surface area is 277 Å². The average Bonchev–Trinajstić information content (AvgIpc) is 3.68. The fourth-order valence-electron chi connectivity index (χ4n) is 5.81. The molecule has 3 nitrogen and oxygen atoms in total. The number of rotatable bonds is 12. The molecule has 0 bridgehead atoms. The molecule has 5 heteroatoms. The Morgan fingerprint density at radius 2 is 1.24 bits per heavy atom. The van der Waals surface area contributed by atoms with E-state index in [4.69, 9.17) is 12.6 Å². The molecule has 228 valence electrons. The van der Waals surface area contributed by atoms with E-state index in [1.807, 2.05) is 48.9 Å². The van der Waals surface area contributed by atoms with Gasteiger partial charge in [0.05, 0.1) is 27.6 Å². The smallest absolute Gasteiger partial charge is 0.119 e. The van der Waals surface area contributed by atoms with Crippen LogP contribution in [-0.4, -0.2) is 33.5 Å². The van der Waals surface area contributed by atoms with Gasteiger partial charge in [-0.05, 0) is 46.4 Å². The van der Waals surface area contributed by atoms with Crippen LogP contribution in [0.1, 0.15) is 48.4 Å². The minimum Gasteiger partial charge on any atom is -0.494 e. The maximum Gasteiger partial charge on any atom is 0.119 e. The zero-order valence-electron chi connectivity index (χ0n) is 26.6. The average molecular weight is 617 g/mol. The van der Waals surface area contributed by atoms with E-state index in [0.29, 0.717) is 0 Å². The van der Waals surface area contributed by atoms with Gasteiger partial charge in [0.1, 0.15) is 13.6 Å². The maximum atomic E-state index is 5.93. The van der Waals surface area contributed by atoms with Gasteiger partial charge in [-0.1, -0.05) is 158 Å². The number of benzene rings is 5. The molecule has 0 unspecified atom stereocenters. The van der Waals surface area contributed by atoms with Gasteiger partial charge >= 0.3 is 0 Å². The van der Waals surface area contributed by atoms with E-state index in [1.54, 1.807) is 5.98 Å². The molecule has 0 aliphatic heterocycles. The molecule has 0 saturated carbocycles. The summed E-state index contributed by atoms with van der Waals surface area (Å²) in [7, 11) is 4.83. The van der Waals surface area contributed by atoms with Crippen LogP contribution in [0.5, 0.6) is 5.75 Å². The number of hydrogen-bond acceptors (Lipinski definition) is 2. The first kappa shape index (κ1) is 32.5. The van der Waals surface area contributed by atoms with Crippen LogP contribution < -0.4 is 9.92 Å². The van der Waals surface area contributed by atoms with Gasteiger partial charge in [0.15, 0.2) is 0 Å². The molecule has 0 aliphatic rings. The Balaban J connectivity index is 0.000000232. The highest BCUT2D eigenvalue weighted by Gasteiger charge is 2.36. The van der Waals surface area contributed by atoms with E-state index in [-0.39, 0.29) is 5.16 Å². The van der Waals surface area contributed by atoms with Gasteiger partial charge in [-0.2, -0.15) is 0 Å². The summed E-state index contributed by atoms with van der Waals surface area (Å²) in [5, 5.41) is 1.14. The third-order valence-electron chi connectivity index (χ3n) is 8.18. The largest absolute Gasteiger partial charge is 0.494 e. The summed E-state index contributed by atoms with van der Waals surface area (Å²) < 4.78 is 8.23. The lowest BCUT2D eigenvalue weighted by Gasteiger charge is -2.37. The molecular weight excluding hydrogens is 575 g/mol. The number of ether oxygens (including phenoxy) is 1. The van der Waals surface area contributed by atoms with E-state index in [1.165, 1.54) is 29.2 Å². The number of nitrogens with zero attached hydrogens (tertiary/aromatic N) is 2. The van der Waals surface area contributed by atoms with Crippen LogP contribution in [-0.2, 0) is 5.16 Å². The lowest BCUT2D eigenvalue weighted by atomic mass is 9.92. The van der Waals surface area contributed by atoms with Crippen molar-refractivity contribution >= 4 is 28.1 Å². The Morgan fingerprint density at radius 1 is 0.717 bits per heavy atom. The zero-order valence-corrected chi connectivity index (χ0v) is 28.0. The Morgan fingerprint density at radius 3 is 1.70 bits per heavy atom. The minimum atomic E-state index is -0.846. The Kier molecular flexibility index (Phi) is 12.0. The molecule has 5 aromatic carbocycles. The van der Waals surface area contributed by atoms with Gasteiger partial charge < -0.3 is 9.30 Å². The zero-order chi connectivity index (χ0) is 31.9. The van der Waals surface area contributed by atoms with E-state index in [2.05, 4.69) is 132 Å². The molecule has 0 spiro atoms.